The summed E-state index contributed by atoms with van der Waals surface area (Å²) in [6.07, 6.45) is 1.57. The highest BCUT2D eigenvalue weighted by atomic mass is 16.2. The fourth-order valence-corrected chi connectivity index (χ4v) is 4.07. The van der Waals surface area contributed by atoms with Gasteiger partial charge in [0.15, 0.2) is 0 Å². The number of hydrogen-bond donors (Lipinski definition) is 0. The molecule has 1 aromatic carbocycles. The van der Waals surface area contributed by atoms with Gasteiger partial charge in [-0.2, -0.15) is 0 Å². The molecule has 1 fully saturated rings. The van der Waals surface area contributed by atoms with Crippen molar-refractivity contribution in [2.24, 2.45) is 0 Å². The molecule has 29 heavy (non-hydrogen) atoms. The first-order chi connectivity index (χ1) is 14.0. The lowest BCUT2D eigenvalue weighted by molar-refractivity contribution is -0.129. The predicted molar refractivity (Wildman–Crippen MR) is 112 cm³/mol. The van der Waals surface area contributed by atoms with Crippen LogP contribution < -0.4 is 14.7 Å². The molecule has 0 spiro atoms. The third-order valence-corrected chi connectivity index (χ3v) is 5.68. The minimum atomic E-state index is 0.0344. The summed E-state index contributed by atoms with van der Waals surface area (Å²) >= 11 is 0. The van der Waals surface area contributed by atoms with Gasteiger partial charge in [-0.25, -0.2) is 9.97 Å². The maximum atomic E-state index is 13.0. The molecule has 1 aromatic heterocycles. The molecule has 1 saturated heterocycles. The standard InChI is InChI=1S/C21H26N6O2/c1-15-6-4-5-7-18(15)27-12-17-20(24(3)13-19(27)29)22-14-23-21(17)26-10-8-25(9-11-26)16(2)28/h4-7,14H,8-13H2,1-3H3. The lowest BCUT2D eigenvalue weighted by Gasteiger charge is -2.36. The average molecular weight is 394 g/mol. The number of benzene rings is 1. The molecule has 8 heteroatoms. The van der Waals surface area contributed by atoms with Crippen LogP contribution in [0.15, 0.2) is 30.6 Å². The van der Waals surface area contributed by atoms with Crippen LogP contribution in [0.1, 0.15) is 18.1 Å². The van der Waals surface area contributed by atoms with Gasteiger partial charge in [-0.15, -0.1) is 0 Å². The van der Waals surface area contributed by atoms with E-state index in [0.717, 1.165) is 28.5 Å². The van der Waals surface area contributed by atoms with E-state index in [1.54, 1.807) is 13.3 Å². The largest absolute Gasteiger partial charge is 0.353 e. The smallest absolute Gasteiger partial charge is 0.246 e. The number of likely N-dealkylation sites (N-methyl/N-ethyl adjacent to an activating group) is 1. The van der Waals surface area contributed by atoms with Gasteiger partial charge in [0.25, 0.3) is 0 Å². The van der Waals surface area contributed by atoms with Crippen LogP contribution >= 0.6 is 0 Å². The van der Waals surface area contributed by atoms with Crippen LogP contribution in [-0.2, 0) is 16.1 Å². The summed E-state index contributed by atoms with van der Waals surface area (Å²) in [5.41, 5.74) is 2.91. The quantitative estimate of drug-likeness (QED) is 0.768. The van der Waals surface area contributed by atoms with Crippen LogP contribution in [0.4, 0.5) is 17.3 Å². The van der Waals surface area contributed by atoms with E-state index < -0.39 is 0 Å². The van der Waals surface area contributed by atoms with Gasteiger partial charge >= 0.3 is 0 Å². The third-order valence-electron chi connectivity index (χ3n) is 5.68. The molecule has 0 aliphatic carbocycles. The molecule has 0 N–H and O–H groups in total. The summed E-state index contributed by atoms with van der Waals surface area (Å²) < 4.78 is 0. The van der Waals surface area contributed by atoms with Crippen molar-refractivity contribution >= 4 is 29.1 Å². The summed E-state index contributed by atoms with van der Waals surface area (Å²) in [7, 11) is 1.89. The lowest BCUT2D eigenvalue weighted by Crippen LogP contribution is -2.48. The first-order valence-corrected chi connectivity index (χ1v) is 9.87. The number of rotatable bonds is 2. The number of piperazine rings is 1. The first-order valence-electron chi connectivity index (χ1n) is 9.87. The molecule has 8 nitrogen and oxygen atoms in total. The number of para-hydroxylation sites is 1. The number of carbonyl (C=O) groups is 2. The van der Waals surface area contributed by atoms with E-state index in [-0.39, 0.29) is 18.4 Å². The minimum absolute atomic E-state index is 0.0344. The van der Waals surface area contributed by atoms with Gasteiger partial charge in [0.05, 0.1) is 18.7 Å². The van der Waals surface area contributed by atoms with Crippen molar-refractivity contribution < 1.29 is 9.59 Å². The summed E-state index contributed by atoms with van der Waals surface area (Å²) in [5, 5.41) is 0. The van der Waals surface area contributed by atoms with Gasteiger partial charge in [-0.05, 0) is 18.6 Å². The Labute approximate surface area is 170 Å². The van der Waals surface area contributed by atoms with Crippen molar-refractivity contribution in [3.8, 4) is 0 Å². The monoisotopic (exact) mass is 394 g/mol. The highest BCUT2D eigenvalue weighted by Crippen LogP contribution is 2.33. The fraction of sp³-hybridized carbons (Fsp3) is 0.429. The second-order valence-corrected chi connectivity index (χ2v) is 7.61. The van der Waals surface area contributed by atoms with Gasteiger partial charge in [-0.1, -0.05) is 18.2 Å². The zero-order valence-corrected chi connectivity index (χ0v) is 17.1. The van der Waals surface area contributed by atoms with Crippen LogP contribution in [0.25, 0.3) is 0 Å². The van der Waals surface area contributed by atoms with Gasteiger partial charge in [0.2, 0.25) is 11.8 Å². The second-order valence-electron chi connectivity index (χ2n) is 7.61. The zero-order chi connectivity index (χ0) is 20.5. The fourth-order valence-electron chi connectivity index (χ4n) is 4.07. The Bertz CT molecular complexity index is 939. The van der Waals surface area contributed by atoms with Crippen molar-refractivity contribution in [1.82, 2.24) is 14.9 Å². The molecule has 0 atom stereocenters. The molecule has 0 radical (unpaired) electrons. The number of aromatic nitrogens is 2. The number of nitrogens with zero attached hydrogens (tertiary/aromatic N) is 6. The van der Waals surface area contributed by atoms with Gasteiger partial charge in [0, 0.05) is 45.8 Å². The number of hydrogen-bond acceptors (Lipinski definition) is 6. The average Bonchev–Trinajstić information content (AvgIpc) is 2.84. The number of carbonyl (C=O) groups excluding carboxylic acids is 2. The first kappa shape index (κ1) is 19.2. The Hall–Kier alpha value is -3.16. The topological polar surface area (TPSA) is 72.9 Å². The van der Waals surface area contributed by atoms with E-state index in [4.69, 9.17) is 0 Å². The number of aryl methyl sites for hydroxylation is 1. The molecular formula is C21H26N6O2. The van der Waals surface area contributed by atoms with E-state index in [0.29, 0.717) is 32.7 Å². The summed E-state index contributed by atoms with van der Waals surface area (Å²) in [5.74, 6) is 1.76. The number of anilines is 3. The molecular weight excluding hydrogens is 368 g/mol. The number of fused-ring (bicyclic) bond motifs is 1. The van der Waals surface area contributed by atoms with Crippen LogP contribution in [0.2, 0.25) is 0 Å². The van der Waals surface area contributed by atoms with Gasteiger partial charge in [-0.3, -0.25) is 9.59 Å². The molecule has 0 bridgehead atoms. The highest BCUT2D eigenvalue weighted by molar-refractivity contribution is 5.98. The SMILES string of the molecule is CC(=O)N1CCN(c2ncnc3c2CN(c2ccccc2C)C(=O)CN3C)CC1. The van der Waals surface area contributed by atoms with Crippen LogP contribution in [0, 0.1) is 6.92 Å². The van der Waals surface area contributed by atoms with Crippen LogP contribution in [0.3, 0.4) is 0 Å². The molecule has 0 saturated carbocycles. The van der Waals surface area contributed by atoms with Crippen LogP contribution in [0.5, 0.6) is 0 Å². The normalized spacial score (nSPS) is 17.3. The molecule has 2 aliphatic rings. The molecule has 2 aliphatic heterocycles. The van der Waals surface area contributed by atoms with Crippen molar-refractivity contribution in [2.75, 3.05) is 54.5 Å². The van der Waals surface area contributed by atoms with E-state index in [9.17, 15) is 9.59 Å². The summed E-state index contributed by atoms with van der Waals surface area (Å²) in [6.45, 7) is 7.07. The lowest BCUT2D eigenvalue weighted by atomic mass is 10.1. The maximum absolute atomic E-state index is 13.0. The Morgan fingerprint density at radius 3 is 2.38 bits per heavy atom. The second kappa shape index (κ2) is 7.69. The third kappa shape index (κ3) is 3.62. The van der Waals surface area contributed by atoms with Crippen LogP contribution in [-0.4, -0.2) is 66.5 Å². The van der Waals surface area contributed by atoms with Gasteiger partial charge in [0.1, 0.15) is 18.0 Å². The zero-order valence-electron chi connectivity index (χ0n) is 17.1. The van der Waals surface area contributed by atoms with E-state index in [1.807, 2.05) is 52.9 Å². The Kier molecular flexibility index (Phi) is 5.08. The van der Waals surface area contributed by atoms with Crippen molar-refractivity contribution in [1.29, 1.82) is 0 Å². The van der Waals surface area contributed by atoms with E-state index >= 15 is 0 Å². The maximum Gasteiger partial charge on any atom is 0.246 e. The number of amides is 2. The highest BCUT2D eigenvalue weighted by Gasteiger charge is 2.31. The van der Waals surface area contributed by atoms with Crippen molar-refractivity contribution in [3.05, 3.63) is 41.7 Å². The Morgan fingerprint density at radius 1 is 1.00 bits per heavy atom. The minimum Gasteiger partial charge on any atom is -0.353 e. The molecule has 152 valence electrons. The summed E-state index contributed by atoms with van der Waals surface area (Å²) in [6, 6.07) is 7.92. The molecule has 2 amide bonds. The van der Waals surface area contributed by atoms with E-state index in [2.05, 4.69) is 14.9 Å². The Balaban J connectivity index is 1.70. The molecule has 0 unspecified atom stereocenters. The van der Waals surface area contributed by atoms with Gasteiger partial charge < -0.3 is 19.6 Å². The molecule has 4 rings (SSSR count). The van der Waals surface area contributed by atoms with E-state index in [1.165, 1.54) is 0 Å². The van der Waals surface area contributed by atoms with Crippen molar-refractivity contribution in [2.45, 2.75) is 20.4 Å². The Morgan fingerprint density at radius 2 is 1.69 bits per heavy atom. The predicted octanol–water partition coefficient (Wildman–Crippen LogP) is 1.44. The summed E-state index contributed by atoms with van der Waals surface area (Å²) in [4.78, 5) is 41.5. The van der Waals surface area contributed by atoms with Crippen molar-refractivity contribution in [3.63, 3.8) is 0 Å². The molecule has 2 aromatic rings. The molecule has 3 heterocycles.